The molecular formula is C12H16N2O4. The molecule has 0 fully saturated rings. The van der Waals surface area contributed by atoms with E-state index in [0.29, 0.717) is 29.9 Å². The zero-order valence-corrected chi connectivity index (χ0v) is 10.2. The Morgan fingerprint density at radius 2 is 2.06 bits per heavy atom. The molecule has 0 saturated carbocycles. The van der Waals surface area contributed by atoms with E-state index in [1.165, 1.54) is 24.5 Å². The summed E-state index contributed by atoms with van der Waals surface area (Å²) in [4.78, 5) is 22.6. The van der Waals surface area contributed by atoms with E-state index in [1.807, 2.05) is 0 Å². The average Bonchev–Trinajstić information content (AvgIpc) is 2.35. The molecule has 0 aliphatic rings. The lowest BCUT2D eigenvalue weighted by molar-refractivity contribution is -0.605. The molecule has 0 radical (unpaired) electrons. The summed E-state index contributed by atoms with van der Waals surface area (Å²) in [6.45, 7) is 2.51. The molecule has 1 amide bonds. The lowest BCUT2D eigenvalue weighted by atomic mass is 10.2. The number of amides is 1. The summed E-state index contributed by atoms with van der Waals surface area (Å²) >= 11 is 0. The molecule has 18 heavy (non-hydrogen) atoms. The molecule has 0 unspecified atom stereocenters. The molecule has 0 spiro atoms. The van der Waals surface area contributed by atoms with Crippen LogP contribution < -0.4 is 10.0 Å². The third kappa shape index (κ3) is 4.82. The van der Waals surface area contributed by atoms with Crippen molar-refractivity contribution in [2.24, 2.45) is 0 Å². The fraction of sp³-hybridized carbons (Fsp3) is 0.417. The first-order chi connectivity index (χ1) is 8.63. The summed E-state index contributed by atoms with van der Waals surface area (Å²) in [5.74, 6) is -0.529. The Bertz CT molecular complexity index is 403. The predicted molar refractivity (Wildman–Crippen MR) is 63.6 cm³/mol. The number of hydrogen-bond acceptors (Lipinski definition) is 4. The van der Waals surface area contributed by atoms with E-state index in [0.717, 1.165) is 0 Å². The highest BCUT2D eigenvalue weighted by atomic mass is 16.5. The van der Waals surface area contributed by atoms with Crippen LogP contribution in [0.25, 0.3) is 0 Å². The van der Waals surface area contributed by atoms with Crippen molar-refractivity contribution in [1.82, 2.24) is 5.32 Å². The van der Waals surface area contributed by atoms with Crippen molar-refractivity contribution >= 4 is 11.9 Å². The van der Waals surface area contributed by atoms with Crippen LogP contribution in [-0.2, 0) is 9.53 Å². The van der Waals surface area contributed by atoms with Crippen molar-refractivity contribution < 1.29 is 19.1 Å². The Morgan fingerprint density at radius 3 is 2.67 bits per heavy atom. The van der Waals surface area contributed by atoms with E-state index in [2.05, 4.69) is 5.32 Å². The Morgan fingerprint density at radius 1 is 1.39 bits per heavy atom. The van der Waals surface area contributed by atoms with Crippen molar-refractivity contribution in [1.29, 1.82) is 0 Å². The summed E-state index contributed by atoms with van der Waals surface area (Å²) in [6, 6.07) is 2.88. The Kier molecular flexibility index (Phi) is 5.63. The third-order valence-electron chi connectivity index (χ3n) is 2.21. The minimum atomic E-state index is -0.265. The minimum absolute atomic E-state index is 0.264. The topological polar surface area (TPSA) is 82.3 Å². The fourth-order valence-corrected chi connectivity index (χ4v) is 1.33. The summed E-state index contributed by atoms with van der Waals surface area (Å²) in [5, 5.41) is 13.4. The molecule has 0 bridgehead atoms. The number of esters is 1. The molecule has 0 saturated heterocycles. The molecule has 1 aromatic rings. The van der Waals surface area contributed by atoms with Crippen LogP contribution in [0.1, 0.15) is 30.1 Å². The highest BCUT2D eigenvalue weighted by Crippen LogP contribution is 1.96. The molecule has 1 rings (SSSR count). The van der Waals surface area contributed by atoms with Crippen molar-refractivity contribution in [3.63, 3.8) is 0 Å². The maximum atomic E-state index is 11.6. The Balaban J connectivity index is 2.25. The van der Waals surface area contributed by atoms with Crippen LogP contribution in [-0.4, -0.2) is 25.0 Å². The quantitative estimate of drug-likeness (QED) is 0.344. The molecule has 98 valence electrons. The number of carbonyl (C=O) groups is 2. The monoisotopic (exact) mass is 252 g/mol. The van der Waals surface area contributed by atoms with Gasteiger partial charge in [0.25, 0.3) is 5.91 Å². The van der Waals surface area contributed by atoms with Crippen LogP contribution in [0, 0.1) is 5.21 Å². The highest BCUT2D eigenvalue weighted by molar-refractivity contribution is 5.93. The number of pyridine rings is 1. The van der Waals surface area contributed by atoms with Crippen LogP contribution in [0.5, 0.6) is 0 Å². The number of aromatic nitrogens is 1. The van der Waals surface area contributed by atoms with Crippen molar-refractivity contribution in [3.05, 3.63) is 35.3 Å². The first-order valence-electron chi connectivity index (χ1n) is 5.76. The van der Waals surface area contributed by atoms with Crippen LogP contribution in [0.15, 0.2) is 24.5 Å². The molecule has 0 aromatic carbocycles. The van der Waals surface area contributed by atoms with E-state index in [-0.39, 0.29) is 18.3 Å². The summed E-state index contributed by atoms with van der Waals surface area (Å²) < 4.78 is 5.37. The Hall–Kier alpha value is -2.11. The molecule has 1 heterocycles. The van der Waals surface area contributed by atoms with E-state index in [4.69, 9.17) is 4.74 Å². The second-order valence-electron chi connectivity index (χ2n) is 3.61. The third-order valence-corrected chi connectivity index (χ3v) is 2.21. The van der Waals surface area contributed by atoms with Crippen LogP contribution in [0.3, 0.4) is 0 Å². The lowest BCUT2D eigenvalue weighted by Crippen LogP contribution is -2.28. The van der Waals surface area contributed by atoms with Crippen LogP contribution >= 0.6 is 0 Å². The summed E-state index contributed by atoms with van der Waals surface area (Å²) in [6.07, 6.45) is 3.32. The van der Waals surface area contributed by atoms with Gasteiger partial charge < -0.3 is 15.3 Å². The van der Waals surface area contributed by atoms with E-state index < -0.39 is 0 Å². The van der Waals surface area contributed by atoms with Gasteiger partial charge in [-0.1, -0.05) is 0 Å². The first kappa shape index (κ1) is 14.0. The number of nitrogens with zero attached hydrogens (tertiary/aromatic N) is 1. The molecule has 1 aromatic heterocycles. The molecule has 6 heteroatoms. The Labute approximate surface area is 105 Å². The number of nitrogens with one attached hydrogen (secondary N) is 1. The van der Waals surface area contributed by atoms with Gasteiger partial charge in [0.2, 0.25) is 0 Å². The van der Waals surface area contributed by atoms with Crippen molar-refractivity contribution in [2.45, 2.75) is 19.8 Å². The minimum Gasteiger partial charge on any atom is -0.619 e. The number of carbonyl (C=O) groups excluding carboxylic acids is 2. The van der Waals surface area contributed by atoms with E-state index in [9.17, 15) is 14.8 Å². The fourth-order valence-electron chi connectivity index (χ4n) is 1.33. The van der Waals surface area contributed by atoms with Gasteiger partial charge in [0, 0.05) is 25.1 Å². The lowest BCUT2D eigenvalue weighted by Gasteiger charge is -2.05. The van der Waals surface area contributed by atoms with Crippen LogP contribution in [0.2, 0.25) is 0 Å². The molecule has 1 N–H and O–H groups in total. The van der Waals surface area contributed by atoms with Crippen molar-refractivity contribution in [3.8, 4) is 0 Å². The predicted octanol–water partition coefficient (Wildman–Crippen LogP) is 0.393. The van der Waals surface area contributed by atoms with Gasteiger partial charge in [-0.3, -0.25) is 9.59 Å². The van der Waals surface area contributed by atoms with Gasteiger partial charge in [0.15, 0.2) is 12.4 Å². The molecule has 6 nitrogen and oxygen atoms in total. The van der Waals surface area contributed by atoms with Gasteiger partial charge in [0.1, 0.15) is 0 Å². The van der Waals surface area contributed by atoms with Gasteiger partial charge in [-0.05, 0) is 13.3 Å². The zero-order chi connectivity index (χ0) is 13.4. The van der Waals surface area contributed by atoms with E-state index in [1.54, 1.807) is 6.92 Å². The van der Waals surface area contributed by atoms with Crippen molar-refractivity contribution in [2.75, 3.05) is 13.2 Å². The second kappa shape index (κ2) is 7.26. The normalized spacial score (nSPS) is 9.83. The molecule has 0 aliphatic heterocycles. The maximum absolute atomic E-state index is 11.6. The van der Waals surface area contributed by atoms with Gasteiger partial charge >= 0.3 is 5.97 Å². The number of ether oxygens (including phenoxy) is 1. The number of rotatable bonds is 6. The second-order valence-corrected chi connectivity index (χ2v) is 3.61. The highest BCUT2D eigenvalue weighted by Gasteiger charge is 2.06. The average molecular weight is 252 g/mol. The van der Waals surface area contributed by atoms with Gasteiger partial charge in [-0.15, -0.1) is 0 Å². The first-order valence-corrected chi connectivity index (χ1v) is 5.76. The van der Waals surface area contributed by atoms with Gasteiger partial charge in [0.05, 0.1) is 12.2 Å². The smallest absolute Gasteiger partial charge is 0.305 e. The molecule has 0 aliphatic carbocycles. The van der Waals surface area contributed by atoms with Gasteiger partial charge in [-0.2, -0.15) is 4.73 Å². The molecule has 0 atom stereocenters. The standard InChI is InChI=1S/C12H16N2O4/c1-2-18-11(15)4-3-7-13-12(16)10-5-8-14(17)9-6-10/h5-6,8-9H,2-4,7H2,1H3,(H,13,16). The largest absolute Gasteiger partial charge is 0.619 e. The SMILES string of the molecule is CCOC(=O)CCCNC(=O)c1cc[n+]([O-])cc1. The zero-order valence-electron chi connectivity index (χ0n) is 10.2. The maximum Gasteiger partial charge on any atom is 0.305 e. The number of hydrogen-bond donors (Lipinski definition) is 1. The summed E-state index contributed by atoms with van der Waals surface area (Å²) in [7, 11) is 0. The summed E-state index contributed by atoms with van der Waals surface area (Å²) in [5.41, 5.74) is 0.415. The van der Waals surface area contributed by atoms with Crippen LogP contribution in [0.4, 0.5) is 0 Å². The van der Waals surface area contributed by atoms with Gasteiger partial charge in [-0.25, -0.2) is 0 Å². The molecular weight excluding hydrogens is 236 g/mol. The van der Waals surface area contributed by atoms with E-state index >= 15 is 0 Å².